The van der Waals surface area contributed by atoms with Gasteiger partial charge in [0.2, 0.25) is 0 Å². The SMILES string of the molecule is CCC1C(C)C1CCC1C(C)C2C(C)C(C)C12. The van der Waals surface area contributed by atoms with E-state index in [0.717, 1.165) is 53.3 Å². The molecule has 3 rings (SSSR count). The van der Waals surface area contributed by atoms with E-state index in [4.69, 9.17) is 0 Å². The first-order valence-electron chi connectivity index (χ1n) is 8.07. The molecule has 0 heteroatoms. The van der Waals surface area contributed by atoms with Crippen molar-refractivity contribution >= 4 is 0 Å². The minimum absolute atomic E-state index is 1.02. The van der Waals surface area contributed by atoms with Crippen LogP contribution in [0.3, 0.4) is 0 Å². The third-order valence-electron chi connectivity index (χ3n) is 7.33. The topological polar surface area (TPSA) is 0 Å². The van der Waals surface area contributed by atoms with Gasteiger partial charge in [-0.15, -0.1) is 0 Å². The van der Waals surface area contributed by atoms with Gasteiger partial charge in [0.05, 0.1) is 0 Å². The van der Waals surface area contributed by atoms with Gasteiger partial charge in [0, 0.05) is 0 Å². The molecule has 9 unspecified atom stereocenters. The van der Waals surface area contributed by atoms with E-state index in [9.17, 15) is 0 Å². The van der Waals surface area contributed by atoms with E-state index in [0.29, 0.717) is 0 Å². The van der Waals surface area contributed by atoms with Crippen LogP contribution in [0.15, 0.2) is 0 Å². The van der Waals surface area contributed by atoms with Crippen LogP contribution in [0.25, 0.3) is 0 Å². The summed E-state index contributed by atoms with van der Waals surface area (Å²) in [7, 11) is 0. The van der Waals surface area contributed by atoms with E-state index in [1.165, 1.54) is 6.42 Å². The zero-order chi connectivity index (χ0) is 12.3. The molecule has 0 nitrogen and oxygen atoms in total. The summed E-state index contributed by atoms with van der Waals surface area (Å²) < 4.78 is 0. The summed E-state index contributed by atoms with van der Waals surface area (Å²) in [6, 6.07) is 0. The summed E-state index contributed by atoms with van der Waals surface area (Å²) in [5, 5.41) is 0. The molecule has 0 bridgehead atoms. The quantitative estimate of drug-likeness (QED) is 0.653. The van der Waals surface area contributed by atoms with Crippen LogP contribution in [-0.2, 0) is 0 Å². The lowest BCUT2D eigenvalue weighted by Crippen LogP contribution is -2.62. The Labute approximate surface area is 108 Å². The van der Waals surface area contributed by atoms with Crippen molar-refractivity contribution in [3.05, 3.63) is 0 Å². The van der Waals surface area contributed by atoms with Crippen molar-refractivity contribution in [2.45, 2.75) is 53.9 Å². The second-order valence-corrected chi connectivity index (χ2v) is 7.57. The molecular weight excluding hydrogens is 204 g/mol. The molecule has 3 aliphatic carbocycles. The average molecular weight is 234 g/mol. The van der Waals surface area contributed by atoms with E-state index >= 15 is 0 Å². The second kappa shape index (κ2) is 4.00. The van der Waals surface area contributed by atoms with Crippen molar-refractivity contribution in [1.82, 2.24) is 0 Å². The van der Waals surface area contributed by atoms with Crippen LogP contribution in [0.1, 0.15) is 53.9 Å². The van der Waals surface area contributed by atoms with Gasteiger partial charge >= 0.3 is 0 Å². The molecular formula is C17H30. The number of fused-ring (bicyclic) bond motifs is 1. The molecule has 0 aromatic carbocycles. The predicted molar refractivity (Wildman–Crippen MR) is 73.6 cm³/mol. The second-order valence-electron chi connectivity index (χ2n) is 7.57. The fourth-order valence-electron chi connectivity index (χ4n) is 5.88. The molecule has 3 aliphatic rings. The fourth-order valence-corrected chi connectivity index (χ4v) is 5.88. The molecule has 3 saturated carbocycles. The molecule has 9 atom stereocenters. The third kappa shape index (κ3) is 1.55. The van der Waals surface area contributed by atoms with Gasteiger partial charge in [-0.25, -0.2) is 0 Å². The van der Waals surface area contributed by atoms with Crippen LogP contribution < -0.4 is 0 Å². The first kappa shape index (κ1) is 12.1. The highest BCUT2D eigenvalue weighted by Gasteiger charge is 2.60. The van der Waals surface area contributed by atoms with Crippen molar-refractivity contribution in [3.8, 4) is 0 Å². The van der Waals surface area contributed by atoms with Crippen LogP contribution in [0.2, 0.25) is 0 Å². The molecule has 0 amide bonds. The molecule has 17 heavy (non-hydrogen) atoms. The lowest BCUT2D eigenvalue weighted by atomic mass is 9.38. The van der Waals surface area contributed by atoms with Crippen molar-refractivity contribution in [2.75, 3.05) is 0 Å². The largest absolute Gasteiger partial charge is 0.0651 e. The zero-order valence-corrected chi connectivity index (χ0v) is 12.3. The van der Waals surface area contributed by atoms with E-state index in [2.05, 4.69) is 34.6 Å². The Morgan fingerprint density at radius 3 is 1.76 bits per heavy atom. The molecule has 0 aromatic heterocycles. The molecule has 0 N–H and O–H groups in total. The maximum Gasteiger partial charge on any atom is -0.0321 e. The summed E-state index contributed by atoms with van der Waals surface area (Å²) in [5.74, 6) is 9.63. The molecule has 0 aromatic rings. The van der Waals surface area contributed by atoms with Crippen LogP contribution in [0, 0.1) is 53.3 Å². The predicted octanol–water partition coefficient (Wildman–Crippen LogP) is 4.84. The van der Waals surface area contributed by atoms with Gasteiger partial charge in [0.15, 0.2) is 0 Å². The molecule has 98 valence electrons. The van der Waals surface area contributed by atoms with Gasteiger partial charge in [0.1, 0.15) is 0 Å². The van der Waals surface area contributed by atoms with Crippen molar-refractivity contribution < 1.29 is 0 Å². The Hall–Kier alpha value is 0. The van der Waals surface area contributed by atoms with E-state index in [1.54, 1.807) is 12.8 Å². The Bertz CT molecular complexity index is 294. The summed E-state index contributed by atoms with van der Waals surface area (Å²) in [6.07, 6.45) is 4.51. The molecule has 0 radical (unpaired) electrons. The average Bonchev–Trinajstić information content (AvgIpc) is 2.94. The minimum atomic E-state index is 1.02. The number of rotatable bonds is 4. The Kier molecular flexibility index (Phi) is 2.84. The maximum atomic E-state index is 2.53. The lowest BCUT2D eigenvalue weighted by Gasteiger charge is -2.66. The van der Waals surface area contributed by atoms with Crippen LogP contribution in [0.5, 0.6) is 0 Å². The van der Waals surface area contributed by atoms with Crippen LogP contribution in [-0.4, -0.2) is 0 Å². The summed E-state index contributed by atoms with van der Waals surface area (Å²) >= 11 is 0. The standard InChI is InChI=1S/C17H30/c1-6-13-11(4)14(13)7-8-15-12(5)16-9(2)10(3)17(15)16/h9-17H,6-8H2,1-5H3. The summed E-state index contributed by atoms with van der Waals surface area (Å²) in [5.41, 5.74) is 0. The fraction of sp³-hybridized carbons (Fsp3) is 1.00. The van der Waals surface area contributed by atoms with Crippen LogP contribution in [0.4, 0.5) is 0 Å². The van der Waals surface area contributed by atoms with Gasteiger partial charge in [0.25, 0.3) is 0 Å². The third-order valence-corrected chi connectivity index (χ3v) is 7.33. The van der Waals surface area contributed by atoms with Gasteiger partial charge in [-0.1, -0.05) is 41.0 Å². The summed E-state index contributed by atoms with van der Waals surface area (Å²) in [4.78, 5) is 0. The monoisotopic (exact) mass is 234 g/mol. The first-order chi connectivity index (χ1) is 8.07. The lowest BCUT2D eigenvalue weighted by molar-refractivity contribution is -0.188. The van der Waals surface area contributed by atoms with Gasteiger partial charge in [-0.3, -0.25) is 0 Å². The maximum absolute atomic E-state index is 2.53. The highest BCUT2D eigenvalue weighted by atomic mass is 14.7. The Morgan fingerprint density at radius 2 is 1.18 bits per heavy atom. The van der Waals surface area contributed by atoms with E-state index < -0.39 is 0 Å². The van der Waals surface area contributed by atoms with Crippen molar-refractivity contribution in [2.24, 2.45) is 53.3 Å². The van der Waals surface area contributed by atoms with Gasteiger partial charge in [-0.05, 0) is 66.1 Å². The molecule has 3 fully saturated rings. The van der Waals surface area contributed by atoms with Crippen molar-refractivity contribution in [1.29, 1.82) is 0 Å². The normalized spacial score (nSPS) is 60.2. The Balaban J connectivity index is 1.48. The zero-order valence-electron chi connectivity index (χ0n) is 12.3. The number of hydrogen-bond donors (Lipinski definition) is 0. The first-order valence-corrected chi connectivity index (χ1v) is 8.07. The smallest absolute Gasteiger partial charge is 0.0321 e. The Morgan fingerprint density at radius 1 is 0.588 bits per heavy atom. The highest BCUT2D eigenvalue weighted by molar-refractivity contribution is 5.08. The van der Waals surface area contributed by atoms with E-state index in [-0.39, 0.29) is 0 Å². The summed E-state index contributed by atoms with van der Waals surface area (Å²) in [6.45, 7) is 12.4. The van der Waals surface area contributed by atoms with Gasteiger partial charge in [-0.2, -0.15) is 0 Å². The molecule has 0 saturated heterocycles. The molecule has 0 spiro atoms. The van der Waals surface area contributed by atoms with Gasteiger partial charge < -0.3 is 0 Å². The van der Waals surface area contributed by atoms with Crippen LogP contribution >= 0.6 is 0 Å². The number of hydrogen-bond acceptors (Lipinski definition) is 0. The van der Waals surface area contributed by atoms with E-state index in [1.807, 2.05) is 0 Å². The molecule has 0 aliphatic heterocycles. The molecule has 0 heterocycles. The van der Waals surface area contributed by atoms with Crippen molar-refractivity contribution in [3.63, 3.8) is 0 Å². The minimum Gasteiger partial charge on any atom is -0.0651 e. The highest BCUT2D eigenvalue weighted by Crippen LogP contribution is 2.66.